The van der Waals surface area contributed by atoms with Crippen molar-refractivity contribution in [3.05, 3.63) is 24.3 Å². The average molecular weight is 257 g/mol. The number of rotatable bonds is 4. The Labute approximate surface area is 91.8 Å². The smallest absolute Gasteiger partial charge is 0.0936 e. The second-order valence-electron chi connectivity index (χ2n) is 3.53. The minimum atomic E-state index is -9.50. The first kappa shape index (κ1) is 13.4. The van der Waals surface area contributed by atoms with Crippen LogP contribution in [0.4, 0.5) is 19.4 Å². The van der Waals surface area contributed by atoms with Gasteiger partial charge < -0.3 is 0 Å². The van der Waals surface area contributed by atoms with Gasteiger partial charge >= 0.3 is 10.2 Å². The molecule has 0 saturated heterocycles. The summed E-state index contributed by atoms with van der Waals surface area (Å²) in [6.07, 6.45) is 1.55. The predicted octanol–water partition coefficient (Wildman–Crippen LogP) is 4.50. The van der Waals surface area contributed by atoms with E-state index in [1.807, 2.05) is 6.92 Å². The highest BCUT2D eigenvalue weighted by atomic mass is 32.5. The van der Waals surface area contributed by atoms with Gasteiger partial charge in [-0.15, -0.1) is 0 Å². The number of hydrogen-bond donors (Lipinski definition) is 0. The summed E-state index contributed by atoms with van der Waals surface area (Å²) in [5.74, 6) is 0. The van der Waals surface area contributed by atoms with Crippen molar-refractivity contribution in [3.63, 3.8) is 0 Å². The van der Waals surface area contributed by atoms with E-state index in [-0.39, 0.29) is 0 Å². The van der Waals surface area contributed by atoms with Crippen LogP contribution in [-0.2, 0) is 0 Å². The van der Waals surface area contributed by atoms with Crippen molar-refractivity contribution in [1.29, 1.82) is 0 Å². The molecule has 1 aromatic rings. The zero-order valence-corrected chi connectivity index (χ0v) is 9.42. The first-order valence-electron chi connectivity index (χ1n) is 4.70. The van der Waals surface area contributed by atoms with Crippen LogP contribution in [0.5, 0.6) is 0 Å². The molecule has 1 aromatic carbocycles. The summed E-state index contributed by atoms with van der Waals surface area (Å²) in [5.41, 5.74) is 0.521. The lowest BCUT2D eigenvalue weighted by Gasteiger charge is -2.40. The quantitative estimate of drug-likeness (QED) is 0.550. The molecule has 0 spiro atoms. The van der Waals surface area contributed by atoms with Gasteiger partial charge in [0.15, 0.2) is 7.28 Å². The molecule has 0 aromatic heterocycles. The van der Waals surface area contributed by atoms with Crippen LogP contribution in [0.3, 0.4) is 0 Å². The molecule has 0 saturated carbocycles. The Morgan fingerprint density at radius 1 is 1.00 bits per heavy atom. The van der Waals surface area contributed by atoms with Gasteiger partial charge in [0.1, 0.15) is 4.90 Å². The fraction of sp³-hybridized carbons (Fsp3) is 0.333. The molecule has 0 aliphatic carbocycles. The zero-order chi connectivity index (χ0) is 12.5. The molecule has 0 aliphatic rings. The van der Waals surface area contributed by atoms with Crippen LogP contribution in [0.1, 0.15) is 13.3 Å². The molecule has 16 heavy (non-hydrogen) atoms. The van der Waals surface area contributed by atoms with Crippen molar-refractivity contribution in [2.45, 2.75) is 24.6 Å². The highest BCUT2D eigenvalue weighted by Gasteiger charge is 2.65. The summed E-state index contributed by atoms with van der Waals surface area (Å²) in [4.78, 5) is -1.84. The van der Waals surface area contributed by atoms with Crippen molar-refractivity contribution in [2.75, 3.05) is 0 Å². The fourth-order valence-electron chi connectivity index (χ4n) is 1.17. The average Bonchev–Trinajstić information content (AvgIpc) is 2.12. The van der Waals surface area contributed by atoms with Crippen LogP contribution < -0.4 is 5.46 Å². The second kappa shape index (κ2) is 3.39. The standard InChI is InChI=1S/C9H11BF5S/c1-2-7-10-8-3-5-9(6-4-8)16(11,12,13,14)15/h3-6H,2,7H2,1H3. The minimum Gasteiger partial charge on any atom is -0.0936 e. The van der Waals surface area contributed by atoms with Crippen LogP contribution >= 0.6 is 10.2 Å². The Morgan fingerprint density at radius 2 is 1.50 bits per heavy atom. The Balaban J connectivity index is 2.97. The molecule has 0 nitrogen and oxygen atoms in total. The molecule has 0 atom stereocenters. The van der Waals surface area contributed by atoms with Gasteiger partial charge in [0.2, 0.25) is 0 Å². The Bertz CT molecular complexity index is 368. The van der Waals surface area contributed by atoms with E-state index in [9.17, 15) is 19.4 Å². The van der Waals surface area contributed by atoms with Gasteiger partial charge in [-0.05, 0) is 12.1 Å². The zero-order valence-electron chi connectivity index (χ0n) is 8.60. The predicted molar refractivity (Wildman–Crippen MR) is 58.3 cm³/mol. The number of halogens is 5. The molecular formula is C9H11BF5S. The maximum atomic E-state index is 12.3. The van der Waals surface area contributed by atoms with Crippen molar-refractivity contribution in [3.8, 4) is 0 Å². The summed E-state index contributed by atoms with van der Waals surface area (Å²) in [6, 6.07) is 2.98. The van der Waals surface area contributed by atoms with E-state index in [4.69, 9.17) is 0 Å². The SMILES string of the molecule is CCC[B]c1ccc(S(F)(F)(F)(F)F)cc1. The first-order valence-corrected chi connectivity index (χ1v) is 6.65. The van der Waals surface area contributed by atoms with Gasteiger partial charge in [-0.2, -0.15) is 0 Å². The molecule has 1 radical (unpaired) electrons. The van der Waals surface area contributed by atoms with E-state index in [2.05, 4.69) is 0 Å². The van der Waals surface area contributed by atoms with Crippen LogP contribution in [0, 0.1) is 0 Å². The van der Waals surface area contributed by atoms with E-state index >= 15 is 0 Å². The molecule has 0 bridgehead atoms. The van der Waals surface area contributed by atoms with Crippen LogP contribution in [0.2, 0.25) is 6.32 Å². The van der Waals surface area contributed by atoms with E-state index in [0.29, 0.717) is 23.9 Å². The normalized spacial score (nSPS) is 16.4. The Hall–Kier alpha value is -0.715. The minimum absolute atomic E-state index is 0.434. The molecule has 1 rings (SSSR count). The lowest BCUT2D eigenvalue weighted by molar-refractivity contribution is 0.364. The molecule has 0 unspecified atom stereocenters. The van der Waals surface area contributed by atoms with Gasteiger partial charge in [-0.25, -0.2) is 0 Å². The van der Waals surface area contributed by atoms with E-state index in [1.165, 1.54) is 0 Å². The monoisotopic (exact) mass is 257 g/mol. The van der Waals surface area contributed by atoms with Gasteiger partial charge in [-0.1, -0.05) is 56.7 Å². The van der Waals surface area contributed by atoms with Crippen LogP contribution in [0.15, 0.2) is 29.2 Å². The van der Waals surface area contributed by atoms with Crippen molar-refractivity contribution >= 4 is 23.0 Å². The molecule has 0 amide bonds. The van der Waals surface area contributed by atoms with Gasteiger partial charge in [0.05, 0.1) is 0 Å². The Morgan fingerprint density at radius 3 is 1.88 bits per heavy atom. The fourth-order valence-corrected chi connectivity index (χ4v) is 1.82. The number of benzene rings is 1. The summed E-state index contributed by atoms with van der Waals surface area (Å²) in [7, 11) is -7.80. The number of hydrogen-bond acceptors (Lipinski definition) is 0. The molecule has 91 valence electrons. The lowest BCUT2D eigenvalue weighted by Crippen LogP contribution is -2.14. The van der Waals surface area contributed by atoms with Gasteiger partial charge in [0, 0.05) is 0 Å². The van der Waals surface area contributed by atoms with Gasteiger partial charge in [0.25, 0.3) is 0 Å². The topological polar surface area (TPSA) is 0 Å². The lowest BCUT2D eigenvalue weighted by atomic mass is 9.67. The second-order valence-corrected chi connectivity index (χ2v) is 5.94. The van der Waals surface area contributed by atoms with E-state index in [1.54, 1.807) is 7.28 Å². The highest BCUT2D eigenvalue weighted by Crippen LogP contribution is 3.02. The summed E-state index contributed by atoms with van der Waals surface area (Å²) < 4.78 is 61.6. The van der Waals surface area contributed by atoms with Crippen LogP contribution in [-0.4, -0.2) is 7.28 Å². The Kier molecular flexibility index (Phi) is 2.83. The first-order chi connectivity index (χ1) is 7.03. The maximum absolute atomic E-state index is 12.3. The molecule has 0 aliphatic heterocycles. The summed E-state index contributed by atoms with van der Waals surface area (Å²) >= 11 is 0. The van der Waals surface area contributed by atoms with Crippen molar-refractivity contribution < 1.29 is 19.4 Å². The van der Waals surface area contributed by atoms with E-state index in [0.717, 1.165) is 18.6 Å². The third-order valence-electron chi connectivity index (χ3n) is 1.99. The maximum Gasteiger partial charge on any atom is 0.310 e. The van der Waals surface area contributed by atoms with Gasteiger partial charge in [-0.3, -0.25) is 0 Å². The molecule has 0 N–H and O–H groups in total. The summed E-state index contributed by atoms with van der Waals surface area (Å²) in [6.45, 7) is 1.92. The van der Waals surface area contributed by atoms with Crippen LogP contribution in [0.25, 0.3) is 0 Å². The molecule has 0 fully saturated rings. The van der Waals surface area contributed by atoms with Crippen molar-refractivity contribution in [1.82, 2.24) is 0 Å². The highest BCUT2D eigenvalue weighted by molar-refractivity contribution is 8.45. The van der Waals surface area contributed by atoms with E-state index < -0.39 is 15.1 Å². The largest absolute Gasteiger partial charge is 0.310 e. The van der Waals surface area contributed by atoms with Crippen molar-refractivity contribution in [2.24, 2.45) is 0 Å². The third-order valence-corrected chi connectivity index (χ3v) is 3.16. The molecule has 0 heterocycles. The molecule has 7 heteroatoms. The summed E-state index contributed by atoms with van der Waals surface area (Å²) in [5, 5.41) is 0. The third kappa shape index (κ3) is 3.70. The molecular weight excluding hydrogens is 246 g/mol.